The van der Waals surface area contributed by atoms with Crippen LogP contribution in [-0.2, 0) is 4.74 Å². The molecule has 2 aromatic carbocycles. The van der Waals surface area contributed by atoms with Crippen LogP contribution >= 0.6 is 0 Å². The first-order valence-electron chi connectivity index (χ1n) is 7.43. The number of aryl methyl sites for hydroxylation is 1. The number of hydrogen-bond donors (Lipinski definition) is 0. The summed E-state index contributed by atoms with van der Waals surface area (Å²) in [5.41, 5.74) is 3.37. The van der Waals surface area contributed by atoms with Crippen molar-refractivity contribution < 1.29 is 9.39 Å². The van der Waals surface area contributed by atoms with Crippen molar-refractivity contribution in [2.24, 2.45) is 0 Å². The van der Waals surface area contributed by atoms with Crippen molar-refractivity contribution in [1.82, 2.24) is 0 Å². The summed E-state index contributed by atoms with van der Waals surface area (Å²) >= 11 is 0. The van der Waals surface area contributed by atoms with Gasteiger partial charge in [0.05, 0.1) is 25.4 Å². The Bertz CT molecular complexity index is 613. The van der Waals surface area contributed by atoms with Crippen molar-refractivity contribution in [1.29, 1.82) is 0 Å². The first-order valence-corrected chi connectivity index (χ1v) is 7.43. The third-order valence-corrected chi connectivity index (χ3v) is 3.86. The number of epoxide rings is 1. The van der Waals surface area contributed by atoms with Gasteiger partial charge in [-0.3, -0.25) is 0 Å². The quantitative estimate of drug-likeness (QED) is 0.543. The monoisotopic (exact) mass is 281 g/mol. The molecule has 0 N–H and O–H groups in total. The Labute approximate surface area is 136 Å². The number of benzene rings is 2. The van der Waals surface area contributed by atoms with E-state index in [9.17, 15) is 0 Å². The van der Waals surface area contributed by atoms with Gasteiger partial charge >= 0.3 is 6.81 Å². The maximum absolute atomic E-state index is 6.32. The Hall–Kier alpha value is -1.48. The first-order chi connectivity index (χ1) is 10.7. The fourth-order valence-corrected chi connectivity index (χ4v) is 2.36. The molecule has 2 nitrogen and oxygen atoms in total. The Morgan fingerprint density at radius 3 is 2.14 bits per heavy atom. The molecule has 0 spiro atoms. The third kappa shape index (κ3) is 3.64. The van der Waals surface area contributed by atoms with Crippen molar-refractivity contribution in [3.05, 3.63) is 54.1 Å². The lowest BCUT2D eigenvalue weighted by molar-refractivity contribution is 0.436. The van der Waals surface area contributed by atoms with Gasteiger partial charge < -0.3 is 9.39 Å². The summed E-state index contributed by atoms with van der Waals surface area (Å²) in [6.07, 6.45) is 0. The fraction of sp³-hybridized carbons (Fsp3) is 0.200. The largest absolute Gasteiger partial charge is 0.567 e. The van der Waals surface area contributed by atoms with Gasteiger partial charge in [-0.25, -0.2) is 0 Å². The third-order valence-electron chi connectivity index (χ3n) is 3.86. The topological polar surface area (TPSA) is 21.8 Å². The van der Waals surface area contributed by atoms with Gasteiger partial charge in [0.2, 0.25) is 0 Å². The van der Waals surface area contributed by atoms with Crippen molar-refractivity contribution in [2.75, 3.05) is 6.61 Å². The molecule has 101 valence electrons. The second-order valence-corrected chi connectivity index (χ2v) is 5.60. The van der Waals surface area contributed by atoms with Crippen LogP contribution in [0.4, 0.5) is 0 Å². The van der Waals surface area contributed by atoms with E-state index >= 15 is 0 Å². The van der Waals surface area contributed by atoms with Crippen LogP contribution < -0.4 is 15.6 Å². The van der Waals surface area contributed by atoms with Gasteiger partial charge in [-0.1, -0.05) is 52.9 Å². The predicted octanol–water partition coefficient (Wildman–Crippen LogP) is -0.138. The molecule has 2 aromatic rings. The van der Waals surface area contributed by atoms with Crippen LogP contribution in [0.15, 0.2) is 48.5 Å². The van der Waals surface area contributed by atoms with Crippen LogP contribution in [0.1, 0.15) is 5.56 Å². The molecule has 1 heterocycles. The molecule has 1 aliphatic heterocycles. The molecule has 0 amide bonds. The van der Waals surface area contributed by atoms with E-state index in [0.29, 0.717) is 6.61 Å². The summed E-state index contributed by atoms with van der Waals surface area (Å²) in [6, 6.07) is 16.2. The zero-order valence-electron chi connectivity index (χ0n) is 12.6. The van der Waals surface area contributed by atoms with E-state index in [2.05, 4.69) is 31.2 Å². The minimum absolute atomic E-state index is 0.0829. The van der Waals surface area contributed by atoms with Crippen LogP contribution in [0.3, 0.4) is 0 Å². The Morgan fingerprint density at radius 2 is 1.64 bits per heavy atom. The lowest BCUT2D eigenvalue weighted by Gasteiger charge is -2.15. The number of rotatable bonds is 6. The molecule has 0 aromatic heterocycles. The molecule has 0 saturated carbocycles. The van der Waals surface area contributed by atoms with E-state index in [1.807, 2.05) is 24.3 Å². The maximum atomic E-state index is 6.32. The lowest BCUT2D eigenvalue weighted by Crippen LogP contribution is -2.43. The van der Waals surface area contributed by atoms with Gasteiger partial charge in [0.1, 0.15) is 0 Å². The molecular weight excluding hydrogens is 266 g/mol. The highest BCUT2D eigenvalue weighted by atomic mass is 16.6. The molecule has 0 aliphatic carbocycles. The highest BCUT2D eigenvalue weighted by molar-refractivity contribution is 7.30. The standard InChI is InChI=1S/C15H14B5O2/c1-11-2-4-12(5-3-11)19(17)13-6-8-14(9-7-13)22-20(18-16)15-10-21-15/h2-9,15H,10H2,1H3. The van der Waals surface area contributed by atoms with E-state index in [0.717, 1.165) is 16.7 Å². The predicted molar refractivity (Wildman–Crippen MR) is 96.0 cm³/mol. The summed E-state index contributed by atoms with van der Waals surface area (Å²) in [5.74, 6) is 0.766. The summed E-state index contributed by atoms with van der Waals surface area (Å²) in [4.78, 5) is 0. The van der Waals surface area contributed by atoms with E-state index in [-0.39, 0.29) is 19.4 Å². The number of ether oxygens (including phenoxy) is 1. The van der Waals surface area contributed by atoms with Gasteiger partial charge in [-0.2, -0.15) is 0 Å². The zero-order valence-corrected chi connectivity index (χ0v) is 12.6. The van der Waals surface area contributed by atoms with E-state index in [1.54, 1.807) is 0 Å². The van der Waals surface area contributed by atoms with E-state index in [4.69, 9.17) is 24.9 Å². The summed E-state index contributed by atoms with van der Waals surface area (Å²) in [7, 11) is 13.4. The Morgan fingerprint density at radius 1 is 1.09 bits per heavy atom. The normalized spacial score (nSPS) is 16.0. The average Bonchev–Trinajstić information content (AvgIpc) is 3.38. The summed E-state index contributed by atoms with van der Waals surface area (Å²) in [5, 5.41) is 0. The molecule has 5 radical (unpaired) electrons. The van der Waals surface area contributed by atoms with Gasteiger partial charge in [0.15, 0.2) is 6.60 Å². The van der Waals surface area contributed by atoms with Crippen molar-refractivity contribution in [3.63, 3.8) is 0 Å². The molecule has 1 aliphatic rings. The minimum Gasteiger partial charge on any atom is -0.567 e. The SMILES string of the molecule is [B][B]B(Oc1ccc(B([B])c2ccc(C)cc2)cc1)C1CO1. The van der Waals surface area contributed by atoms with Crippen LogP contribution in [-0.4, -0.2) is 48.6 Å². The van der Waals surface area contributed by atoms with Gasteiger partial charge in [-0.15, -0.1) is 0 Å². The fourth-order valence-electron chi connectivity index (χ4n) is 2.36. The molecule has 3 rings (SSSR count). The minimum atomic E-state index is -0.198. The number of hydrogen-bond acceptors (Lipinski definition) is 2. The van der Waals surface area contributed by atoms with Gasteiger partial charge in [-0.05, 0) is 19.1 Å². The van der Waals surface area contributed by atoms with Crippen molar-refractivity contribution in [2.45, 2.75) is 12.9 Å². The molecule has 22 heavy (non-hydrogen) atoms. The molecule has 1 saturated heterocycles. The van der Waals surface area contributed by atoms with Crippen molar-refractivity contribution in [3.8, 4) is 5.75 Å². The first kappa shape index (κ1) is 15.4. The molecular formula is C15H14B5O2. The second kappa shape index (κ2) is 6.74. The molecule has 7 heteroatoms. The zero-order chi connectivity index (χ0) is 15.5. The smallest absolute Gasteiger partial charge is 0.328 e. The molecule has 0 bridgehead atoms. The Kier molecular flexibility index (Phi) is 4.73. The molecule has 1 atom stereocenters. The molecule has 1 unspecified atom stereocenters. The lowest BCUT2D eigenvalue weighted by atomic mass is 9.21. The van der Waals surface area contributed by atoms with E-state index < -0.39 is 0 Å². The Balaban J connectivity index is 1.69. The average molecular weight is 280 g/mol. The summed E-state index contributed by atoms with van der Waals surface area (Å²) in [6.45, 7) is 2.43. The van der Waals surface area contributed by atoms with Crippen LogP contribution in [0.25, 0.3) is 0 Å². The highest BCUT2D eigenvalue weighted by Gasteiger charge is 2.37. The second-order valence-electron chi connectivity index (χ2n) is 5.60. The van der Waals surface area contributed by atoms with Crippen molar-refractivity contribution >= 4 is 46.9 Å². The van der Waals surface area contributed by atoms with Crippen LogP contribution in [0.5, 0.6) is 5.75 Å². The summed E-state index contributed by atoms with van der Waals surface area (Å²) < 4.78 is 11.0. The van der Waals surface area contributed by atoms with Crippen LogP contribution in [0, 0.1) is 6.92 Å². The highest BCUT2D eigenvalue weighted by Crippen LogP contribution is 2.16. The van der Waals surface area contributed by atoms with Gasteiger partial charge in [0.25, 0.3) is 0 Å². The van der Waals surface area contributed by atoms with Gasteiger partial charge in [0, 0.05) is 15.5 Å². The van der Waals surface area contributed by atoms with Crippen LogP contribution in [0.2, 0.25) is 0 Å². The van der Waals surface area contributed by atoms with E-state index in [1.165, 1.54) is 12.6 Å². The maximum Gasteiger partial charge on any atom is 0.328 e. The molecule has 1 fully saturated rings.